The molecule has 6 aromatic rings. The van der Waals surface area contributed by atoms with Gasteiger partial charge in [-0.15, -0.1) is 5.11 Å². The van der Waals surface area contributed by atoms with E-state index in [1.54, 1.807) is 48.5 Å². The van der Waals surface area contributed by atoms with E-state index in [1.807, 2.05) is 64.1 Å². The smallest absolute Gasteiger partial charge is 0.255 e. The maximum atomic E-state index is 13.3. The van der Waals surface area contributed by atoms with Crippen LogP contribution in [0.4, 0.5) is 17.1 Å². The van der Waals surface area contributed by atoms with Crippen molar-refractivity contribution in [2.45, 2.75) is 47.5 Å². The van der Waals surface area contributed by atoms with Crippen molar-refractivity contribution in [3.05, 3.63) is 119 Å². The van der Waals surface area contributed by atoms with Gasteiger partial charge in [0, 0.05) is 29.6 Å². The van der Waals surface area contributed by atoms with Crippen LogP contribution in [0.5, 0.6) is 28.7 Å². The van der Waals surface area contributed by atoms with Gasteiger partial charge in [0.05, 0.1) is 23.5 Å². The minimum Gasteiger partial charge on any atom is -0.506 e. The Morgan fingerprint density at radius 2 is 1.49 bits per heavy atom. The second kappa shape index (κ2) is 15.9. The predicted molar refractivity (Wildman–Crippen MR) is 209 cm³/mol. The van der Waals surface area contributed by atoms with Crippen LogP contribution in [0.1, 0.15) is 52.4 Å². The monoisotopic (exact) mass is 710 g/mol. The number of phenolic OH excluding ortho intramolecular Hbond substituents is 2. The van der Waals surface area contributed by atoms with Crippen LogP contribution in [0.15, 0.2) is 101 Å². The first-order chi connectivity index (χ1) is 25.5. The number of azo groups is 1. The lowest BCUT2D eigenvalue weighted by molar-refractivity contribution is -0.114. The SMILES string of the molecule is CC(=O)Nc1cc(C)cc2cc(C)c(N=Nc3ccc(Oc4cc(C(=O)NCCCCOc5ccc(C)cc5C)c(O)c5ccccc45)cc3)c(O)c12. The van der Waals surface area contributed by atoms with Crippen LogP contribution < -0.4 is 20.1 Å². The van der Waals surface area contributed by atoms with E-state index >= 15 is 0 Å². The summed E-state index contributed by atoms with van der Waals surface area (Å²) < 4.78 is 12.2. The molecule has 10 heteroatoms. The van der Waals surface area contributed by atoms with Crippen LogP contribution >= 0.6 is 0 Å². The van der Waals surface area contributed by atoms with E-state index in [2.05, 4.69) is 26.9 Å². The lowest BCUT2D eigenvalue weighted by atomic mass is 10.0. The van der Waals surface area contributed by atoms with E-state index in [-0.39, 0.29) is 23.0 Å². The van der Waals surface area contributed by atoms with Gasteiger partial charge in [0.2, 0.25) is 5.91 Å². The van der Waals surface area contributed by atoms with E-state index in [0.29, 0.717) is 64.3 Å². The van der Waals surface area contributed by atoms with Crippen LogP contribution in [0, 0.1) is 27.7 Å². The summed E-state index contributed by atoms with van der Waals surface area (Å²) in [5.41, 5.74) is 5.35. The summed E-state index contributed by atoms with van der Waals surface area (Å²) >= 11 is 0. The maximum absolute atomic E-state index is 13.3. The minimum absolute atomic E-state index is 0.0753. The zero-order valence-electron chi connectivity index (χ0n) is 30.4. The zero-order valence-corrected chi connectivity index (χ0v) is 30.4. The molecule has 0 aliphatic rings. The van der Waals surface area contributed by atoms with Crippen molar-refractivity contribution in [2.24, 2.45) is 10.2 Å². The van der Waals surface area contributed by atoms with E-state index in [0.717, 1.165) is 34.2 Å². The number of carbonyl (C=O) groups excluding carboxylic acids is 2. The molecule has 0 unspecified atom stereocenters. The normalized spacial score (nSPS) is 11.3. The number of anilines is 1. The van der Waals surface area contributed by atoms with Gasteiger partial charge in [0.25, 0.3) is 5.91 Å². The third kappa shape index (κ3) is 8.39. The molecular weight excluding hydrogens is 668 g/mol. The third-order valence-electron chi connectivity index (χ3n) is 8.83. The van der Waals surface area contributed by atoms with Crippen molar-refractivity contribution < 1.29 is 29.3 Å². The summed E-state index contributed by atoms with van der Waals surface area (Å²) in [7, 11) is 0. The first-order valence-electron chi connectivity index (χ1n) is 17.5. The molecule has 0 spiro atoms. The highest BCUT2D eigenvalue weighted by atomic mass is 16.5. The highest BCUT2D eigenvalue weighted by molar-refractivity contribution is 6.07. The first kappa shape index (κ1) is 36.4. The molecule has 6 rings (SSSR count). The molecule has 0 bridgehead atoms. The molecule has 0 saturated heterocycles. The number of rotatable bonds is 12. The molecule has 0 atom stereocenters. The molecule has 0 heterocycles. The van der Waals surface area contributed by atoms with E-state index in [4.69, 9.17) is 9.47 Å². The van der Waals surface area contributed by atoms with Gasteiger partial charge in [-0.2, -0.15) is 5.11 Å². The topological polar surface area (TPSA) is 142 Å². The molecule has 0 aromatic heterocycles. The largest absolute Gasteiger partial charge is 0.506 e. The number of aromatic hydroxyl groups is 2. The van der Waals surface area contributed by atoms with E-state index < -0.39 is 5.91 Å². The van der Waals surface area contributed by atoms with Crippen LogP contribution in [0.2, 0.25) is 0 Å². The molecule has 0 radical (unpaired) electrons. The lowest BCUT2D eigenvalue weighted by Crippen LogP contribution is -2.25. The lowest BCUT2D eigenvalue weighted by Gasteiger charge is -2.14. The van der Waals surface area contributed by atoms with E-state index in [9.17, 15) is 19.8 Å². The van der Waals surface area contributed by atoms with Crippen molar-refractivity contribution in [1.82, 2.24) is 5.32 Å². The van der Waals surface area contributed by atoms with E-state index in [1.165, 1.54) is 12.5 Å². The number of amides is 2. The van der Waals surface area contributed by atoms with Gasteiger partial charge in [-0.1, -0.05) is 48.0 Å². The zero-order chi connectivity index (χ0) is 37.6. The minimum atomic E-state index is -0.407. The molecule has 0 aliphatic carbocycles. The summed E-state index contributed by atoms with van der Waals surface area (Å²) in [6.45, 7) is 10.2. The Kier molecular flexibility index (Phi) is 10.9. The fourth-order valence-corrected chi connectivity index (χ4v) is 6.28. The maximum Gasteiger partial charge on any atom is 0.255 e. The Bertz CT molecular complexity index is 2370. The summed E-state index contributed by atoms with van der Waals surface area (Å²) in [5.74, 6) is 0.897. The fourth-order valence-electron chi connectivity index (χ4n) is 6.28. The summed E-state index contributed by atoms with van der Waals surface area (Å²) in [6, 6.07) is 27.3. The molecule has 2 amide bonds. The fraction of sp³-hybridized carbons (Fsp3) is 0.209. The Morgan fingerprint density at radius 3 is 2.23 bits per heavy atom. The van der Waals surface area contributed by atoms with Gasteiger partial charge in [0.1, 0.15) is 28.7 Å². The molecule has 4 N–H and O–H groups in total. The van der Waals surface area contributed by atoms with Crippen molar-refractivity contribution in [1.29, 1.82) is 0 Å². The Morgan fingerprint density at radius 1 is 0.736 bits per heavy atom. The Labute approximate surface area is 308 Å². The predicted octanol–water partition coefficient (Wildman–Crippen LogP) is 10.4. The van der Waals surface area contributed by atoms with Crippen LogP contribution in [0.3, 0.4) is 0 Å². The second-order valence-electron chi connectivity index (χ2n) is 13.2. The summed E-state index contributed by atoms with van der Waals surface area (Å²) in [6.07, 6.45) is 1.46. The average molecular weight is 711 g/mol. The van der Waals surface area contributed by atoms with Crippen LogP contribution in [-0.2, 0) is 4.79 Å². The summed E-state index contributed by atoms with van der Waals surface area (Å²) in [5, 5.41) is 39.1. The number of nitrogens with zero attached hydrogens (tertiary/aromatic N) is 2. The number of ether oxygens (including phenoxy) is 2. The van der Waals surface area contributed by atoms with Crippen molar-refractivity contribution >= 4 is 50.4 Å². The number of hydrogen-bond acceptors (Lipinski definition) is 8. The number of carbonyl (C=O) groups is 2. The molecule has 6 aromatic carbocycles. The van der Waals surface area contributed by atoms with Gasteiger partial charge in [-0.05, 0) is 111 Å². The first-order valence-corrected chi connectivity index (χ1v) is 17.5. The highest BCUT2D eigenvalue weighted by Gasteiger charge is 2.19. The molecule has 53 heavy (non-hydrogen) atoms. The van der Waals surface area contributed by atoms with Crippen molar-refractivity contribution in [2.75, 3.05) is 18.5 Å². The van der Waals surface area contributed by atoms with Gasteiger partial charge in [0.15, 0.2) is 5.75 Å². The molecule has 10 nitrogen and oxygen atoms in total. The van der Waals surface area contributed by atoms with Gasteiger partial charge < -0.3 is 30.3 Å². The molecule has 0 aliphatic heterocycles. The average Bonchev–Trinajstić information content (AvgIpc) is 3.11. The molecular formula is C43H42N4O6. The molecule has 0 fully saturated rings. The number of aryl methyl sites for hydroxylation is 4. The molecule has 0 saturated carbocycles. The van der Waals surface area contributed by atoms with Gasteiger partial charge >= 0.3 is 0 Å². The quantitative estimate of drug-likeness (QED) is 0.0736. The van der Waals surface area contributed by atoms with Crippen LogP contribution in [0.25, 0.3) is 21.5 Å². The second-order valence-corrected chi connectivity index (χ2v) is 13.2. The Balaban J connectivity index is 1.14. The Hall–Kier alpha value is -6.42. The standard InChI is InChI=1S/C43H42N4O6/c1-25-12-17-37(27(3)20-25)52-19-9-8-18-44-43(51)35-24-38(33-10-6-7-11-34(33)41(35)49)53-32-15-13-31(14-16-32)46-47-40-28(4)23-30-21-26(2)22-36(45-29(5)48)39(30)42(40)50/h6-7,10-17,20-24,49-50H,8-9,18-19H2,1-5H3,(H,44,51)(H,45,48). The number of fused-ring (bicyclic) bond motifs is 2. The van der Waals surface area contributed by atoms with Crippen molar-refractivity contribution in [3.8, 4) is 28.7 Å². The van der Waals surface area contributed by atoms with Crippen LogP contribution in [-0.4, -0.2) is 35.2 Å². The number of phenols is 2. The van der Waals surface area contributed by atoms with Gasteiger partial charge in [-0.3, -0.25) is 9.59 Å². The highest BCUT2D eigenvalue weighted by Crippen LogP contribution is 2.43. The molecule has 270 valence electrons. The van der Waals surface area contributed by atoms with Gasteiger partial charge in [-0.25, -0.2) is 0 Å². The third-order valence-corrected chi connectivity index (χ3v) is 8.83. The number of hydrogen-bond donors (Lipinski definition) is 4. The number of nitrogens with one attached hydrogen (secondary N) is 2. The number of benzene rings is 6. The summed E-state index contributed by atoms with van der Waals surface area (Å²) in [4.78, 5) is 25.1. The number of unbranched alkanes of at least 4 members (excludes halogenated alkanes) is 1. The van der Waals surface area contributed by atoms with Crippen molar-refractivity contribution in [3.63, 3.8) is 0 Å².